The van der Waals surface area contributed by atoms with Crippen molar-refractivity contribution in [1.82, 2.24) is 0 Å². The Morgan fingerprint density at radius 2 is 2.12 bits per heavy atom. The molecule has 0 fully saturated rings. The van der Waals surface area contributed by atoms with Gasteiger partial charge in [-0.15, -0.1) is 0 Å². The number of sulfonamides is 1. The van der Waals surface area contributed by atoms with Gasteiger partial charge < -0.3 is 15.2 Å². The Hall–Kier alpha value is -1.80. The molecule has 0 aromatic heterocycles. The average molecular weight is 258 g/mol. The molecular formula is C9H10N2O5S. The number of hydrogen-bond donors (Lipinski definition) is 2. The zero-order valence-corrected chi connectivity index (χ0v) is 9.44. The van der Waals surface area contributed by atoms with E-state index in [1.807, 2.05) is 0 Å². The number of para-hydroxylation sites is 1. The lowest BCUT2D eigenvalue weighted by molar-refractivity contribution is 0.0983. The number of primary amides is 1. The molecular weight excluding hydrogens is 248 g/mol. The van der Waals surface area contributed by atoms with Crippen molar-refractivity contribution in [3.05, 3.63) is 23.8 Å². The maximum absolute atomic E-state index is 11.1. The molecule has 0 saturated carbocycles. The number of primary sulfonamides is 1. The molecule has 0 spiro atoms. The summed E-state index contributed by atoms with van der Waals surface area (Å²) in [6.07, 6.45) is 0. The van der Waals surface area contributed by atoms with Gasteiger partial charge in [-0.3, -0.25) is 4.79 Å². The highest BCUT2D eigenvalue weighted by atomic mass is 32.2. The molecule has 0 bridgehead atoms. The van der Waals surface area contributed by atoms with Gasteiger partial charge in [0.15, 0.2) is 11.5 Å². The summed E-state index contributed by atoms with van der Waals surface area (Å²) in [6.45, 7) is -0.282. The van der Waals surface area contributed by atoms with Crippen molar-refractivity contribution < 1.29 is 22.7 Å². The van der Waals surface area contributed by atoms with E-state index in [1.54, 1.807) is 0 Å². The highest BCUT2D eigenvalue weighted by Gasteiger charge is 2.31. The van der Waals surface area contributed by atoms with Crippen LogP contribution in [0.15, 0.2) is 18.2 Å². The van der Waals surface area contributed by atoms with E-state index in [0.29, 0.717) is 0 Å². The van der Waals surface area contributed by atoms with Crippen LogP contribution in [-0.4, -0.2) is 26.4 Å². The largest absolute Gasteiger partial charge is 0.484 e. The van der Waals surface area contributed by atoms with Gasteiger partial charge in [0.2, 0.25) is 5.44 Å². The third-order valence-corrected chi connectivity index (χ3v) is 3.20. The van der Waals surface area contributed by atoms with Gasteiger partial charge in [-0.05, 0) is 12.1 Å². The summed E-state index contributed by atoms with van der Waals surface area (Å²) in [4.78, 5) is 11.1. The molecule has 7 nitrogen and oxygen atoms in total. The molecule has 1 unspecified atom stereocenters. The number of hydrogen-bond acceptors (Lipinski definition) is 5. The van der Waals surface area contributed by atoms with Gasteiger partial charge in [0, 0.05) is 0 Å². The van der Waals surface area contributed by atoms with Crippen molar-refractivity contribution >= 4 is 15.9 Å². The number of fused-ring (bicyclic) bond motifs is 1. The van der Waals surface area contributed by atoms with Gasteiger partial charge in [-0.25, -0.2) is 13.6 Å². The van der Waals surface area contributed by atoms with E-state index >= 15 is 0 Å². The van der Waals surface area contributed by atoms with Crippen molar-refractivity contribution in [2.24, 2.45) is 10.9 Å². The van der Waals surface area contributed by atoms with Crippen LogP contribution in [0.4, 0.5) is 0 Å². The molecule has 0 radical (unpaired) electrons. The van der Waals surface area contributed by atoms with Gasteiger partial charge in [0.05, 0.1) is 5.56 Å². The fourth-order valence-corrected chi connectivity index (χ4v) is 1.94. The Kier molecular flexibility index (Phi) is 2.68. The lowest BCUT2D eigenvalue weighted by Crippen LogP contribution is -2.41. The summed E-state index contributed by atoms with van der Waals surface area (Å²) >= 11 is 0. The zero-order chi connectivity index (χ0) is 12.6. The summed E-state index contributed by atoms with van der Waals surface area (Å²) in [6, 6.07) is 4.44. The molecule has 1 aliphatic rings. The van der Waals surface area contributed by atoms with E-state index in [-0.39, 0.29) is 23.7 Å². The van der Waals surface area contributed by atoms with E-state index in [4.69, 9.17) is 20.3 Å². The van der Waals surface area contributed by atoms with Crippen LogP contribution in [0.25, 0.3) is 0 Å². The minimum Gasteiger partial charge on any atom is -0.484 e. The number of rotatable bonds is 2. The summed E-state index contributed by atoms with van der Waals surface area (Å²) < 4.78 is 32.5. The SMILES string of the molecule is NC(=O)c1cccc2c1OCC(S(N)(=O)=O)O2. The molecule has 92 valence electrons. The monoisotopic (exact) mass is 258 g/mol. The van der Waals surface area contributed by atoms with Gasteiger partial charge in [0.1, 0.15) is 6.61 Å². The molecule has 0 aliphatic carbocycles. The molecule has 1 aromatic carbocycles. The van der Waals surface area contributed by atoms with Crippen molar-refractivity contribution in [2.75, 3.05) is 6.61 Å². The van der Waals surface area contributed by atoms with Crippen molar-refractivity contribution in [3.8, 4) is 11.5 Å². The average Bonchev–Trinajstić information content (AvgIpc) is 2.26. The first-order valence-electron chi connectivity index (χ1n) is 4.63. The zero-order valence-electron chi connectivity index (χ0n) is 8.62. The number of ether oxygens (including phenoxy) is 2. The van der Waals surface area contributed by atoms with E-state index in [1.165, 1.54) is 18.2 Å². The van der Waals surface area contributed by atoms with Crippen molar-refractivity contribution in [1.29, 1.82) is 0 Å². The maximum Gasteiger partial charge on any atom is 0.252 e. The van der Waals surface area contributed by atoms with Crippen LogP contribution in [0, 0.1) is 0 Å². The number of carbonyl (C=O) groups excluding carboxylic acids is 1. The summed E-state index contributed by atoms with van der Waals surface area (Å²) in [5.74, 6) is -0.411. The molecule has 17 heavy (non-hydrogen) atoms. The fraction of sp³-hybridized carbons (Fsp3) is 0.222. The smallest absolute Gasteiger partial charge is 0.252 e. The summed E-state index contributed by atoms with van der Waals surface area (Å²) in [5.41, 5.74) is 4.00. The molecule has 2 rings (SSSR count). The Morgan fingerprint density at radius 1 is 1.41 bits per heavy atom. The number of benzene rings is 1. The van der Waals surface area contributed by atoms with E-state index in [2.05, 4.69) is 0 Å². The Bertz CT molecular complexity index is 569. The molecule has 1 aromatic rings. The quantitative estimate of drug-likeness (QED) is 0.717. The van der Waals surface area contributed by atoms with E-state index < -0.39 is 21.4 Å². The highest BCUT2D eigenvalue weighted by Crippen LogP contribution is 2.35. The second-order valence-electron chi connectivity index (χ2n) is 3.44. The number of amides is 1. The predicted molar refractivity (Wildman–Crippen MR) is 58.0 cm³/mol. The van der Waals surface area contributed by atoms with Crippen LogP contribution in [-0.2, 0) is 10.0 Å². The first-order valence-corrected chi connectivity index (χ1v) is 6.24. The van der Waals surface area contributed by atoms with Crippen LogP contribution in [0.5, 0.6) is 11.5 Å². The first kappa shape index (κ1) is 11.7. The Morgan fingerprint density at radius 3 is 2.71 bits per heavy atom. The molecule has 4 N–H and O–H groups in total. The van der Waals surface area contributed by atoms with Crippen LogP contribution in [0.1, 0.15) is 10.4 Å². The van der Waals surface area contributed by atoms with Crippen LogP contribution >= 0.6 is 0 Å². The molecule has 1 amide bonds. The summed E-state index contributed by atoms with van der Waals surface area (Å²) in [5, 5.41) is 4.94. The molecule has 1 atom stereocenters. The summed E-state index contributed by atoms with van der Waals surface area (Å²) in [7, 11) is -3.87. The molecule has 8 heteroatoms. The topological polar surface area (TPSA) is 122 Å². The molecule has 1 heterocycles. The third kappa shape index (κ3) is 2.17. The van der Waals surface area contributed by atoms with Crippen LogP contribution < -0.4 is 20.3 Å². The lowest BCUT2D eigenvalue weighted by atomic mass is 10.1. The van der Waals surface area contributed by atoms with Gasteiger partial charge in [0.25, 0.3) is 15.9 Å². The number of nitrogens with two attached hydrogens (primary N) is 2. The van der Waals surface area contributed by atoms with Gasteiger partial charge >= 0.3 is 0 Å². The van der Waals surface area contributed by atoms with Crippen molar-refractivity contribution in [2.45, 2.75) is 5.44 Å². The molecule has 1 aliphatic heterocycles. The van der Waals surface area contributed by atoms with E-state index in [0.717, 1.165) is 0 Å². The Labute approximate surface area is 97.3 Å². The lowest BCUT2D eigenvalue weighted by Gasteiger charge is -2.25. The van der Waals surface area contributed by atoms with Crippen LogP contribution in [0.2, 0.25) is 0 Å². The van der Waals surface area contributed by atoms with Gasteiger partial charge in [-0.2, -0.15) is 0 Å². The highest BCUT2D eigenvalue weighted by molar-refractivity contribution is 7.89. The minimum atomic E-state index is -3.87. The predicted octanol–water partition coefficient (Wildman–Crippen LogP) is -0.829. The standard InChI is InChI=1S/C9H10N2O5S/c10-9(12)5-2-1-3-6-8(5)15-4-7(16-6)17(11,13)14/h1-3,7H,4H2,(H2,10,12)(H2,11,13,14). The molecule has 0 saturated heterocycles. The van der Waals surface area contributed by atoms with Crippen LogP contribution in [0.3, 0.4) is 0 Å². The fourth-order valence-electron chi connectivity index (χ4n) is 1.44. The first-order chi connectivity index (χ1) is 7.89. The van der Waals surface area contributed by atoms with Crippen molar-refractivity contribution in [3.63, 3.8) is 0 Å². The minimum absolute atomic E-state index is 0.131. The van der Waals surface area contributed by atoms with E-state index in [9.17, 15) is 13.2 Å². The maximum atomic E-state index is 11.1. The second kappa shape index (κ2) is 3.90. The second-order valence-corrected chi connectivity index (χ2v) is 5.15. The Balaban J connectivity index is 2.41. The number of carbonyl (C=O) groups is 1. The normalized spacial score (nSPS) is 18.8. The van der Waals surface area contributed by atoms with Gasteiger partial charge in [-0.1, -0.05) is 6.07 Å². The third-order valence-electron chi connectivity index (χ3n) is 2.23.